The minimum absolute atomic E-state index is 0.504. The third-order valence-electron chi connectivity index (χ3n) is 3.48. The summed E-state index contributed by atoms with van der Waals surface area (Å²) < 4.78 is 1.22. The molecule has 0 bridgehead atoms. The summed E-state index contributed by atoms with van der Waals surface area (Å²) in [5.74, 6) is 0. The van der Waals surface area contributed by atoms with Crippen LogP contribution in [0.5, 0.6) is 0 Å². The van der Waals surface area contributed by atoms with Gasteiger partial charge in [0.05, 0.1) is 0 Å². The summed E-state index contributed by atoms with van der Waals surface area (Å²) in [4.78, 5) is 0. The van der Waals surface area contributed by atoms with Gasteiger partial charge in [-0.15, -0.1) is 0 Å². The van der Waals surface area contributed by atoms with Crippen LogP contribution in [0, 0.1) is 6.92 Å². The maximum Gasteiger partial charge on any atom is 0.0323 e. The zero-order valence-electron chi connectivity index (χ0n) is 11.9. The largest absolute Gasteiger partial charge is 0.310 e. The Balaban J connectivity index is 2.68. The fourth-order valence-corrected chi connectivity index (χ4v) is 2.77. The van der Waals surface area contributed by atoms with Crippen molar-refractivity contribution in [1.29, 1.82) is 0 Å². The highest BCUT2D eigenvalue weighted by Crippen LogP contribution is 2.27. The van der Waals surface area contributed by atoms with Crippen LogP contribution in [0.25, 0.3) is 0 Å². The average molecular weight is 312 g/mol. The van der Waals surface area contributed by atoms with Crippen LogP contribution in [0.15, 0.2) is 22.7 Å². The topological polar surface area (TPSA) is 12.0 Å². The van der Waals surface area contributed by atoms with Crippen LogP contribution < -0.4 is 5.32 Å². The molecule has 1 rings (SSSR count). The van der Waals surface area contributed by atoms with Crippen LogP contribution in [-0.4, -0.2) is 6.54 Å². The second-order valence-corrected chi connectivity index (χ2v) is 5.77. The highest BCUT2D eigenvalue weighted by Gasteiger charge is 2.13. The van der Waals surface area contributed by atoms with Gasteiger partial charge >= 0.3 is 0 Å². The Morgan fingerprint density at radius 3 is 2.61 bits per heavy atom. The fourth-order valence-electron chi connectivity index (χ4n) is 2.39. The van der Waals surface area contributed by atoms with Gasteiger partial charge in [-0.1, -0.05) is 67.6 Å². The minimum atomic E-state index is 0.504. The number of rotatable bonds is 8. The first-order valence-electron chi connectivity index (χ1n) is 7.19. The second-order valence-electron chi connectivity index (χ2n) is 4.91. The Bertz CT molecular complexity index is 349. The maximum absolute atomic E-state index is 3.63. The summed E-state index contributed by atoms with van der Waals surface area (Å²) in [6.45, 7) is 7.69. The van der Waals surface area contributed by atoms with Crippen LogP contribution in [0.2, 0.25) is 0 Å². The van der Waals surface area contributed by atoms with Gasteiger partial charge in [0.15, 0.2) is 0 Å². The number of hydrogen-bond acceptors (Lipinski definition) is 1. The molecule has 1 unspecified atom stereocenters. The molecule has 1 nitrogen and oxygen atoms in total. The molecule has 18 heavy (non-hydrogen) atoms. The number of nitrogens with one attached hydrogen (secondary N) is 1. The molecule has 2 heteroatoms. The quantitative estimate of drug-likeness (QED) is 0.636. The van der Waals surface area contributed by atoms with Crippen molar-refractivity contribution in [1.82, 2.24) is 5.32 Å². The lowest BCUT2D eigenvalue weighted by atomic mass is 9.96. The standard InChI is InChI=1S/C16H26BrN/c1-4-6-7-8-12-16(18-5-2)14-10-9-11-15(17)13(14)3/h9-11,16,18H,4-8,12H2,1-3H3. The second kappa shape index (κ2) is 8.71. The Labute approximate surface area is 120 Å². The summed E-state index contributed by atoms with van der Waals surface area (Å²) in [6, 6.07) is 7.03. The zero-order chi connectivity index (χ0) is 13.4. The minimum Gasteiger partial charge on any atom is -0.310 e. The molecule has 0 saturated carbocycles. The molecule has 0 saturated heterocycles. The highest BCUT2D eigenvalue weighted by molar-refractivity contribution is 9.10. The molecule has 0 aliphatic rings. The Kier molecular flexibility index (Phi) is 7.60. The van der Waals surface area contributed by atoms with Gasteiger partial charge in [0.25, 0.3) is 0 Å². The maximum atomic E-state index is 3.63. The van der Waals surface area contributed by atoms with Gasteiger partial charge in [-0.05, 0) is 37.1 Å². The molecule has 1 N–H and O–H groups in total. The summed E-state index contributed by atoms with van der Waals surface area (Å²) in [5, 5.41) is 3.62. The number of halogens is 1. The van der Waals surface area contributed by atoms with Crippen molar-refractivity contribution in [2.45, 2.75) is 58.9 Å². The summed E-state index contributed by atoms with van der Waals surface area (Å²) >= 11 is 3.63. The molecule has 0 heterocycles. The van der Waals surface area contributed by atoms with Crippen molar-refractivity contribution < 1.29 is 0 Å². The Morgan fingerprint density at radius 2 is 1.94 bits per heavy atom. The number of unbranched alkanes of at least 4 members (excludes halogenated alkanes) is 3. The molecule has 1 aromatic rings. The monoisotopic (exact) mass is 311 g/mol. The van der Waals surface area contributed by atoms with Crippen LogP contribution in [0.3, 0.4) is 0 Å². The Hall–Kier alpha value is -0.340. The first kappa shape index (κ1) is 15.7. The molecule has 0 aromatic heterocycles. The van der Waals surface area contributed by atoms with Gasteiger partial charge < -0.3 is 5.32 Å². The number of benzene rings is 1. The van der Waals surface area contributed by atoms with Crippen LogP contribution in [-0.2, 0) is 0 Å². The molecule has 0 spiro atoms. The first-order chi connectivity index (χ1) is 8.70. The van der Waals surface area contributed by atoms with Gasteiger partial charge in [-0.2, -0.15) is 0 Å². The van der Waals surface area contributed by atoms with Crippen molar-refractivity contribution >= 4 is 15.9 Å². The van der Waals surface area contributed by atoms with Gasteiger partial charge in [-0.25, -0.2) is 0 Å². The third-order valence-corrected chi connectivity index (χ3v) is 4.34. The predicted octanol–water partition coefficient (Wildman–Crippen LogP) is 5.38. The van der Waals surface area contributed by atoms with Gasteiger partial charge in [0.1, 0.15) is 0 Å². The fraction of sp³-hybridized carbons (Fsp3) is 0.625. The lowest BCUT2D eigenvalue weighted by molar-refractivity contribution is 0.480. The van der Waals surface area contributed by atoms with E-state index in [4.69, 9.17) is 0 Å². The molecular weight excluding hydrogens is 286 g/mol. The van der Waals surface area contributed by atoms with Crippen LogP contribution >= 0.6 is 15.9 Å². The molecule has 0 fully saturated rings. The van der Waals surface area contributed by atoms with Crippen LogP contribution in [0.4, 0.5) is 0 Å². The average Bonchev–Trinajstić information content (AvgIpc) is 2.37. The van der Waals surface area contributed by atoms with Crippen molar-refractivity contribution in [2.24, 2.45) is 0 Å². The van der Waals surface area contributed by atoms with E-state index in [9.17, 15) is 0 Å². The van der Waals surface area contributed by atoms with Gasteiger partial charge in [-0.3, -0.25) is 0 Å². The molecule has 1 aromatic carbocycles. The van der Waals surface area contributed by atoms with Crippen molar-refractivity contribution in [2.75, 3.05) is 6.54 Å². The predicted molar refractivity (Wildman–Crippen MR) is 84.1 cm³/mol. The lowest BCUT2D eigenvalue weighted by Gasteiger charge is -2.21. The molecule has 0 amide bonds. The van der Waals surface area contributed by atoms with E-state index in [0.29, 0.717) is 6.04 Å². The van der Waals surface area contributed by atoms with E-state index in [2.05, 4.69) is 60.2 Å². The van der Waals surface area contributed by atoms with Crippen molar-refractivity contribution in [3.05, 3.63) is 33.8 Å². The van der Waals surface area contributed by atoms with E-state index in [1.165, 1.54) is 47.7 Å². The van der Waals surface area contributed by atoms with E-state index in [0.717, 1.165) is 6.54 Å². The first-order valence-corrected chi connectivity index (χ1v) is 7.98. The highest BCUT2D eigenvalue weighted by atomic mass is 79.9. The summed E-state index contributed by atoms with van der Waals surface area (Å²) in [6.07, 6.45) is 6.58. The SMILES string of the molecule is CCCCCCC(NCC)c1cccc(Br)c1C. The zero-order valence-corrected chi connectivity index (χ0v) is 13.5. The molecule has 0 aliphatic carbocycles. The molecule has 0 aliphatic heterocycles. The van der Waals surface area contributed by atoms with Crippen molar-refractivity contribution in [3.8, 4) is 0 Å². The van der Waals surface area contributed by atoms with Gasteiger partial charge in [0.2, 0.25) is 0 Å². The summed E-state index contributed by atoms with van der Waals surface area (Å²) in [7, 11) is 0. The molecule has 1 atom stereocenters. The van der Waals surface area contributed by atoms with Gasteiger partial charge in [0, 0.05) is 10.5 Å². The number of hydrogen-bond donors (Lipinski definition) is 1. The van der Waals surface area contributed by atoms with E-state index >= 15 is 0 Å². The van der Waals surface area contributed by atoms with E-state index in [1.807, 2.05) is 0 Å². The lowest BCUT2D eigenvalue weighted by Crippen LogP contribution is -2.21. The van der Waals surface area contributed by atoms with E-state index < -0.39 is 0 Å². The molecule has 0 radical (unpaired) electrons. The Morgan fingerprint density at radius 1 is 1.17 bits per heavy atom. The summed E-state index contributed by atoms with van der Waals surface area (Å²) in [5.41, 5.74) is 2.82. The van der Waals surface area contributed by atoms with Crippen LogP contribution in [0.1, 0.15) is 63.1 Å². The normalized spacial score (nSPS) is 12.7. The van der Waals surface area contributed by atoms with Crippen molar-refractivity contribution in [3.63, 3.8) is 0 Å². The third kappa shape index (κ3) is 4.74. The van der Waals surface area contributed by atoms with E-state index in [1.54, 1.807) is 0 Å². The van der Waals surface area contributed by atoms with E-state index in [-0.39, 0.29) is 0 Å². The molecule has 102 valence electrons. The smallest absolute Gasteiger partial charge is 0.0323 e. The molecular formula is C16H26BrN.